The molecule has 0 saturated carbocycles. The molecular weight excluding hydrogens is 362 g/mol. The van der Waals surface area contributed by atoms with Gasteiger partial charge >= 0.3 is 5.97 Å². The standard InChI is InChI=1S/C21H21NO4S/c1-4-26-21(25)17-13(9-12(2)3)11-27-20(17)22-10-16-18(23)14-7-5-6-8-15(14)19(16)24/h5-8,10-12,16H,4,9H2,1-3H3/b22-10+. The highest BCUT2D eigenvalue weighted by Crippen LogP contribution is 2.34. The maximum absolute atomic E-state index is 12.5. The van der Waals surface area contributed by atoms with Crippen LogP contribution in [0.5, 0.6) is 0 Å². The van der Waals surface area contributed by atoms with Crippen LogP contribution in [0.1, 0.15) is 57.4 Å². The number of aliphatic imine (C=N–C) groups is 1. The summed E-state index contributed by atoms with van der Waals surface area (Å²) in [7, 11) is 0. The fourth-order valence-electron chi connectivity index (χ4n) is 3.13. The average molecular weight is 383 g/mol. The van der Waals surface area contributed by atoms with E-state index in [0.29, 0.717) is 27.6 Å². The summed E-state index contributed by atoms with van der Waals surface area (Å²) in [4.78, 5) is 41.8. The van der Waals surface area contributed by atoms with Crippen LogP contribution in [0.3, 0.4) is 0 Å². The zero-order valence-electron chi connectivity index (χ0n) is 15.5. The van der Waals surface area contributed by atoms with Gasteiger partial charge in [-0.05, 0) is 30.2 Å². The third kappa shape index (κ3) is 3.76. The van der Waals surface area contributed by atoms with Gasteiger partial charge in [-0.25, -0.2) is 9.79 Å². The third-order valence-electron chi connectivity index (χ3n) is 4.32. The number of hydrogen-bond acceptors (Lipinski definition) is 6. The summed E-state index contributed by atoms with van der Waals surface area (Å²) in [6.45, 7) is 6.17. The van der Waals surface area contributed by atoms with E-state index in [4.69, 9.17) is 4.74 Å². The molecule has 0 radical (unpaired) electrons. The minimum Gasteiger partial charge on any atom is -0.462 e. The first-order valence-corrected chi connectivity index (χ1v) is 9.81. The van der Waals surface area contributed by atoms with Gasteiger partial charge in [-0.15, -0.1) is 11.3 Å². The van der Waals surface area contributed by atoms with Crippen molar-refractivity contribution in [2.75, 3.05) is 6.61 Å². The second-order valence-electron chi connectivity index (χ2n) is 6.79. The van der Waals surface area contributed by atoms with Crippen molar-refractivity contribution in [3.8, 4) is 0 Å². The van der Waals surface area contributed by atoms with Crippen LogP contribution in [0.15, 0.2) is 34.6 Å². The van der Waals surface area contributed by atoms with Gasteiger partial charge in [-0.1, -0.05) is 38.1 Å². The summed E-state index contributed by atoms with van der Waals surface area (Å²) < 4.78 is 5.17. The molecule has 0 spiro atoms. The first-order chi connectivity index (χ1) is 12.9. The fraction of sp³-hybridized carbons (Fsp3) is 0.333. The van der Waals surface area contributed by atoms with Crippen molar-refractivity contribution in [1.29, 1.82) is 0 Å². The average Bonchev–Trinajstić information content (AvgIpc) is 3.13. The third-order valence-corrected chi connectivity index (χ3v) is 5.25. The number of fused-ring (bicyclic) bond motifs is 1. The zero-order chi connectivity index (χ0) is 19.6. The number of esters is 1. The highest BCUT2D eigenvalue weighted by Gasteiger charge is 2.37. The molecule has 0 aliphatic heterocycles. The number of benzene rings is 1. The lowest BCUT2D eigenvalue weighted by molar-refractivity contribution is 0.0526. The zero-order valence-corrected chi connectivity index (χ0v) is 16.3. The highest BCUT2D eigenvalue weighted by molar-refractivity contribution is 7.14. The number of carbonyl (C=O) groups is 3. The SMILES string of the molecule is CCOC(=O)c1c(CC(C)C)csc1/N=C/C1C(=O)c2ccccc2C1=O. The van der Waals surface area contributed by atoms with Crippen LogP contribution in [-0.2, 0) is 11.2 Å². The van der Waals surface area contributed by atoms with Gasteiger partial charge in [0, 0.05) is 17.3 Å². The van der Waals surface area contributed by atoms with Crippen LogP contribution >= 0.6 is 11.3 Å². The highest BCUT2D eigenvalue weighted by atomic mass is 32.1. The predicted molar refractivity (Wildman–Crippen MR) is 106 cm³/mol. The van der Waals surface area contributed by atoms with Crippen LogP contribution in [0.25, 0.3) is 0 Å². The maximum atomic E-state index is 12.5. The number of carbonyl (C=O) groups excluding carboxylic acids is 3. The van der Waals surface area contributed by atoms with Crippen molar-refractivity contribution in [1.82, 2.24) is 0 Å². The summed E-state index contributed by atoms with van der Waals surface area (Å²) >= 11 is 1.32. The molecule has 6 heteroatoms. The second-order valence-corrected chi connectivity index (χ2v) is 7.65. The molecule has 0 atom stereocenters. The molecule has 0 saturated heterocycles. The number of thiophene rings is 1. The fourth-order valence-corrected chi connectivity index (χ4v) is 4.06. The van der Waals surface area contributed by atoms with Crippen molar-refractivity contribution >= 4 is 40.1 Å². The second kappa shape index (κ2) is 7.96. The number of ether oxygens (including phenoxy) is 1. The molecule has 2 aromatic rings. The molecule has 0 bridgehead atoms. The van der Waals surface area contributed by atoms with Gasteiger partial charge in [-0.2, -0.15) is 0 Å². The molecule has 5 nitrogen and oxygen atoms in total. The van der Waals surface area contributed by atoms with Crippen molar-refractivity contribution in [3.05, 3.63) is 51.9 Å². The number of ketones is 2. The molecule has 0 unspecified atom stereocenters. The molecule has 1 aromatic carbocycles. The van der Waals surface area contributed by atoms with Gasteiger partial charge in [0.05, 0.1) is 12.2 Å². The summed E-state index contributed by atoms with van der Waals surface area (Å²) in [6.07, 6.45) is 2.09. The van der Waals surface area contributed by atoms with Crippen molar-refractivity contribution in [3.63, 3.8) is 0 Å². The lowest BCUT2D eigenvalue weighted by Gasteiger charge is -2.07. The first-order valence-electron chi connectivity index (χ1n) is 8.93. The largest absolute Gasteiger partial charge is 0.462 e. The van der Waals surface area contributed by atoms with Crippen LogP contribution in [0.4, 0.5) is 5.00 Å². The number of nitrogens with zero attached hydrogens (tertiary/aromatic N) is 1. The predicted octanol–water partition coefficient (Wildman–Crippen LogP) is 4.52. The smallest absolute Gasteiger partial charge is 0.341 e. The van der Waals surface area contributed by atoms with Gasteiger partial charge in [0.15, 0.2) is 11.6 Å². The monoisotopic (exact) mass is 383 g/mol. The molecule has 1 aromatic heterocycles. The van der Waals surface area contributed by atoms with E-state index < -0.39 is 11.9 Å². The Labute approximate surface area is 162 Å². The van der Waals surface area contributed by atoms with E-state index in [9.17, 15) is 14.4 Å². The number of hydrogen-bond donors (Lipinski definition) is 0. The maximum Gasteiger partial charge on any atom is 0.341 e. The lowest BCUT2D eigenvalue weighted by atomic mass is 10.0. The van der Waals surface area contributed by atoms with E-state index >= 15 is 0 Å². The molecule has 1 aliphatic rings. The van der Waals surface area contributed by atoms with Crippen LogP contribution in [0.2, 0.25) is 0 Å². The Kier molecular flexibility index (Phi) is 5.65. The summed E-state index contributed by atoms with van der Waals surface area (Å²) in [5.41, 5.74) is 2.17. The van der Waals surface area contributed by atoms with Crippen molar-refractivity contribution in [2.45, 2.75) is 27.2 Å². The van der Waals surface area contributed by atoms with Gasteiger partial charge in [0.1, 0.15) is 10.9 Å². The summed E-state index contributed by atoms with van der Waals surface area (Å²) in [5.74, 6) is -1.49. The molecule has 1 aliphatic carbocycles. The molecular formula is C21H21NO4S. The molecule has 0 N–H and O–H groups in total. The summed E-state index contributed by atoms with van der Waals surface area (Å²) in [5, 5.41) is 2.37. The first kappa shape index (κ1) is 19.2. The molecule has 0 fully saturated rings. The van der Waals surface area contributed by atoms with E-state index in [-0.39, 0.29) is 18.2 Å². The van der Waals surface area contributed by atoms with E-state index in [1.807, 2.05) is 5.38 Å². The normalized spacial score (nSPS) is 14.4. The van der Waals surface area contributed by atoms with Crippen LogP contribution < -0.4 is 0 Å². The number of Topliss-reactive ketones (excluding diaryl/α,β-unsaturated/α-hetero) is 2. The van der Waals surface area contributed by atoms with E-state index in [2.05, 4.69) is 18.8 Å². The Morgan fingerprint density at radius 2 is 1.85 bits per heavy atom. The molecule has 27 heavy (non-hydrogen) atoms. The van der Waals surface area contributed by atoms with E-state index in [0.717, 1.165) is 12.0 Å². The van der Waals surface area contributed by atoms with Crippen LogP contribution in [-0.4, -0.2) is 30.4 Å². The van der Waals surface area contributed by atoms with E-state index in [1.165, 1.54) is 17.6 Å². The summed E-state index contributed by atoms with van der Waals surface area (Å²) in [6, 6.07) is 6.78. The Morgan fingerprint density at radius 1 is 1.22 bits per heavy atom. The number of rotatable bonds is 6. The van der Waals surface area contributed by atoms with E-state index in [1.54, 1.807) is 31.2 Å². The molecule has 3 rings (SSSR count). The van der Waals surface area contributed by atoms with Gasteiger partial charge in [-0.3, -0.25) is 9.59 Å². The molecule has 140 valence electrons. The van der Waals surface area contributed by atoms with Gasteiger partial charge in [0.25, 0.3) is 0 Å². The minimum absolute atomic E-state index is 0.254. The quantitative estimate of drug-likeness (QED) is 0.418. The Bertz CT molecular complexity index is 891. The van der Waals surface area contributed by atoms with Gasteiger partial charge in [0.2, 0.25) is 0 Å². The van der Waals surface area contributed by atoms with Crippen molar-refractivity contribution in [2.24, 2.45) is 16.8 Å². The lowest BCUT2D eigenvalue weighted by Crippen LogP contribution is -2.16. The van der Waals surface area contributed by atoms with Crippen LogP contribution in [0, 0.1) is 11.8 Å². The topological polar surface area (TPSA) is 72.8 Å². The molecule has 1 heterocycles. The molecule has 0 amide bonds. The van der Waals surface area contributed by atoms with Gasteiger partial charge < -0.3 is 4.74 Å². The minimum atomic E-state index is -0.937. The Balaban J connectivity index is 1.92. The van der Waals surface area contributed by atoms with Crippen molar-refractivity contribution < 1.29 is 19.1 Å². The Morgan fingerprint density at radius 3 is 2.41 bits per heavy atom. The Hall–Kier alpha value is -2.60.